The van der Waals surface area contributed by atoms with Gasteiger partial charge < -0.3 is 5.32 Å². The van der Waals surface area contributed by atoms with Crippen LogP contribution in [0.15, 0.2) is 36.8 Å². The normalized spacial score (nSPS) is 10.8. The van der Waals surface area contributed by atoms with Crippen LogP contribution in [0.4, 0.5) is 10.2 Å². The molecule has 0 aliphatic rings. The highest BCUT2D eigenvalue weighted by atomic mass is 19.1. The predicted octanol–water partition coefficient (Wildman–Crippen LogP) is 2.06. The number of aryl methyl sites for hydroxylation is 2. The van der Waals surface area contributed by atoms with Crippen molar-refractivity contribution >= 4 is 5.82 Å². The first kappa shape index (κ1) is 13.3. The molecule has 0 spiro atoms. The minimum absolute atomic E-state index is 0.183. The van der Waals surface area contributed by atoms with E-state index in [-0.39, 0.29) is 5.82 Å². The fraction of sp³-hybridized carbons (Fsp3) is 0.214. The molecule has 6 nitrogen and oxygen atoms in total. The fourth-order valence-electron chi connectivity index (χ4n) is 2.08. The lowest BCUT2D eigenvalue weighted by molar-refractivity contribution is 0.601. The maximum Gasteiger partial charge on any atom is 0.189 e. The first-order valence-electron chi connectivity index (χ1n) is 6.53. The van der Waals surface area contributed by atoms with Crippen LogP contribution < -0.4 is 5.32 Å². The average molecular weight is 286 g/mol. The molecule has 3 heterocycles. The van der Waals surface area contributed by atoms with Gasteiger partial charge in [0.15, 0.2) is 11.6 Å². The van der Waals surface area contributed by atoms with Crippen molar-refractivity contribution in [2.75, 3.05) is 5.32 Å². The number of hydrogen-bond donors (Lipinski definition) is 1. The molecular weight excluding hydrogens is 271 g/mol. The maximum absolute atomic E-state index is 13.6. The largest absolute Gasteiger partial charge is 0.363 e. The van der Waals surface area contributed by atoms with E-state index in [1.165, 1.54) is 16.9 Å². The summed E-state index contributed by atoms with van der Waals surface area (Å²) in [5, 5.41) is 11.7. The van der Waals surface area contributed by atoms with E-state index in [4.69, 9.17) is 0 Å². The molecule has 108 valence electrons. The molecule has 3 aromatic rings. The molecule has 0 aromatic carbocycles. The number of nitrogens with zero attached hydrogens (tertiary/aromatic N) is 5. The number of anilines is 1. The van der Waals surface area contributed by atoms with E-state index in [9.17, 15) is 4.39 Å². The quantitative estimate of drug-likeness (QED) is 0.797. The van der Waals surface area contributed by atoms with Gasteiger partial charge in [0.2, 0.25) is 0 Å². The molecule has 0 saturated carbocycles. The van der Waals surface area contributed by atoms with E-state index < -0.39 is 5.82 Å². The Morgan fingerprint density at radius 1 is 1.33 bits per heavy atom. The topological polar surface area (TPSA) is 60.6 Å². The van der Waals surface area contributed by atoms with Crippen LogP contribution in [0.5, 0.6) is 0 Å². The number of halogens is 1. The predicted molar refractivity (Wildman–Crippen MR) is 76.6 cm³/mol. The molecule has 0 unspecified atom stereocenters. The Kier molecular flexibility index (Phi) is 3.39. The summed E-state index contributed by atoms with van der Waals surface area (Å²) in [6.07, 6.45) is 5.02. The number of pyridine rings is 1. The van der Waals surface area contributed by atoms with E-state index in [2.05, 4.69) is 20.5 Å². The first-order chi connectivity index (χ1) is 10.1. The van der Waals surface area contributed by atoms with Gasteiger partial charge in [-0.05, 0) is 24.6 Å². The Morgan fingerprint density at radius 2 is 2.19 bits per heavy atom. The van der Waals surface area contributed by atoms with Gasteiger partial charge in [0.25, 0.3) is 0 Å². The number of hydrogen-bond acceptors (Lipinski definition) is 4. The Balaban J connectivity index is 1.76. The molecular formula is C14H15FN6. The van der Waals surface area contributed by atoms with Crippen molar-refractivity contribution in [3.05, 3.63) is 53.9 Å². The summed E-state index contributed by atoms with van der Waals surface area (Å²) in [7, 11) is 1.89. The molecule has 0 fully saturated rings. The fourth-order valence-corrected chi connectivity index (χ4v) is 2.08. The van der Waals surface area contributed by atoms with E-state index in [1.807, 2.05) is 24.9 Å². The second-order valence-electron chi connectivity index (χ2n) is 4.71. The van der Waals surface area contributed by atoms with Gasteiger partial charge >= 0.3 is 0 Å². The second kappa shape index (κ2) is 5.35. The molecule has 0 aliphatic carbocycles. The standard InChI is InChI=1S/C14H15FN6/c1-10-8-18-20(2)12(10)9-17-13-5-7-21(19-13)14-11(15)4-3-6-16-14/h3-8H,9H2,1-2H3,(H,17,19). The van der Waals surface area contributed by atoms with Crippen molar-refractivity contribution in [3.8, 4) is 5.82 Å². The van der Waals surface area contributed by atoms with Crippen molar-refractivity contribution in [1.29, 1.82) is 0 Å². The zero-order chi connectivity index (χ0) is 14.8. The molecule has 0 atom stereocenters. The lowest BCUT2D eigenvalue weighted by atomic mass is 10.3. The SMILES string of the molecule is Cc1cnn(C)c1CNc1ccn(-c2ncccc2F)n1. The lowest BCUT2D eigenvalue weighted by Gasteiger charge is -2.05. The molecule has 0 aliphatic heterocycles. The molecule has 3 rings (SSSR count). The summed E-state index contributed by atoms with van der Waals surface area (Å²) in [4.78, 5) is 3.98. The van der Waals surface area contributed by atoms with Crippen LogP contribution in [0, 0.1) is 12.7 Å². The van der Waals surface area contributed by atoms with Crippen LogP contribution in [-0.2, 0) is 13.6 Å². The maximum atomic E-state index is 13.6. The summed E-state index contributed by atoms with van der Waals surface area (Å²) in [5.74, 6) is 0.428. The van der Waals surface area contributed by atoms with Crippen molar-refractivity contribution in [2.45, 2.75) is 13.5 Å². The monoisotopic (exact) mass is 286 g/mol. The van der Waals surface area contributed by atoms with Crippen LogP contribution in [-0.4, -0.2) is 24.5 Å². The van der Waals surface area contributed by atoms with Crippen LogP contribution in [0.2, 0.25) is 0 Å². The second-order valence-corrected chi connectivity index (χ2v) is 4.71. The van der Waals surface area contributed by atoms with Gasteiger partial charge in [-0.1, -0.05) is 0 Å². The molecule has 0 bridgehead atoms. The van der Waals surface area contributed by atoms with Gasteiger partial charge in [0, 0.05) is 25.5 Å². The number of rotatable bonds is 4. The number of nitrogens with one attached hydrogen (secondary N) is 1. The average Bonchev–Trinajstić information content (AvgIpc) is 3.05. The van der Waals surface area contributed by atoms with Gasteiger partial charge in [-0.25, -0.2) is 14.1 Å². The molecule has 0 saturated heterocycles. The van der Waals surface area contributed by atoms with Gasteiger partial charge in [-0.3, -0.25) is 4.68 Å². The third-order valence-electron chi connectivity index (χ3n) is 3.25. The van der Waals surface area contributed by atoms with E-state index >= 15 is 0 Å². The van der Waals surface area contributed by atoms with Crippen LogP contribution in [0.3, 0.4) is 0 Å². The van der Waals surface area contributed by atoms with Crippen molar-refractivity contribution < 1.29 is 4.39 Å². The highest BCUT2D eigenvalue weighted by Crippen LogP contribution is 2.13. The first-order valence-corrected chi connectivity index (χ1v) is 6.53. The number of aromatic nitrogens is 5. The lowest BCUT2D eigenvalue weighted by Crippen LogP contribution is -2.08. The smallest absolute Gasteiger partial charge is 0.189 e. The zero-order valence-electron chi connectivity index (χ0n) is 11.8. The van der Waals surface area contributed by atoms with E-state index in [0.29, 0.717) is 12.4 Å². The molecule has 1 N–H and O–H groups in total. The third kappa shape index (κ3) is 2.62. The van der Waals surface area contributed by atoms with E-state index in [1.54, 1.807) is 18.3 Å². The zero-order valence-corrected chi connectivity index (χ0v) is 11.8. The van der Waals surface area contributed by atoms with Crippen molar-refractivity contribution in [2.24, 2.45) is 7.05 Å². The molecule has 0 amide bonds. The van der Waals surface area contributed by atoms with Crippen molar-refractivity contribution in [3.63, 3.8) is 0 Å². The minimum Gasteiger partial charge on any atom is -0.363 e. The highest BCUT2D eigenvalue weighted by Gasteiger charge is 2.08. The van der Waals surface area contributed by atoms with Gasteiger partial charge in [0.05, 0.1) is 18.4 Å². The molecule has 0 radical (unpaired) electrons. The highest BCUT2D eigenvalue weighted by molar-refractivity contribution is 5.36. The van der Waals surface area contributed by atoms with Crippen LogP contribution >= 0.6 is 0 Å². The summed E-state index contributed by atoms with van der Waals surface area (Å²) in [6.45, 7) is 2.61. The summed E-state index contributed by atoms with van der Waals surface area (Å²) in [6, 6.07) is 4.68. The summed E-state index contributed by atoms with van der Waals surface area (Å²) < 4.78 is 16.9. The Labute approximate surface area is 121 Å². The Bertz CT molecular complexity index is 741. The van der Waals surface area contributed by atoms with Crippen LogP contribution in [0.1, 0.15) is 11.3 Å². The molecule has 3 aromatic heterocycles. The third-order valence-corrected chi connectivity index (χ3v) is 3.25. The van der Waals surface area contributed by atoms with E-state index in [0.717, 1.165) is 11.3 Å². The Morgan fingerprint density at radius 3 is 2.90 bits per heavy atom. The van der Waals surface area contributed by atoms with Crippen molar-refractivity contribution in [1.82, 2.24) is 24.5 Å². The minimum atomic E-state index is -0.408. The Hall–Kier alpha value is -2.70. The van der Waals surface area contributed by atoms with Gasteiger partial charge in [-0.2, -0.15) is 5.10 Å². The van der Waals surface area contributed by atoms with Gasteiger partial charge in [-0.15, -0.1) is 5.10 Å². The summed E-state index contributed by atoms with van der Waals surface area (Å²) >= 11 is 0. The summed E-state index contributed by atoms with van der Waals surface area (Å²) in [5.41, 5.74) is 2.19. The molecule has 21 heavy (non-hydrogen) atoms. The van der Waals surface area contributed by atoms with Crippen LogP contribution in [0.25, 0.3) is 5.82 Å². The van der Waals surface area contributed by atoms with Gasteiger partial charge in [0.1, 0.15) is 5.82 Å². The molecule has 7 heteroatoms.